The number of aliphatic hydroxyl groups excluding tert-OH is 3. The van der Waals surface area contributed by atoms with Gasteiger partial charge in [-0.15, -0.1) is 0 Å². The number of nitrogens with zero attached hydrogens (tertiary/aromatic N) is 1. The first-order valence-corrected chi connectivity index (χ1v) is 15.4. The van der Waals surface area contributed by atoms with Crippen molar-refractivity contribution in [2.24, 2.45) is 23.2 Å². The van der Waals surface area contributed by atoms with Crippen LogP contribution in [0.5, 0.6) is 0 Å². The van der Waals surface area contributed by atoms with Crippen molar-refractivity contribution < 1.29 is 19.7 Å². The first-order valence-electron chi connectivity index (χ1n) is 15.4. The van der Waals surface area contributed by atoms with Crippen LogP contribution in [0, 0.1) is 23.2 Å². The van der Waals surface area contributed by atoms with E-state index >= 15 is 0 Å². The highest BCUT2D eigenvalue weighted by atomic mass is 16.3. The lowest BCUT2D eigenvalue weighted by atomic mass is 9.61. The van der Waals surface area contributed by atoms with Crippen molar-refractivity contribution in [3.05, 3.63) is 65.5 Å². The van der Waals surface area contributed by atoms with Crippen LogP contribution in [0.3, 0.4) is 0 Å². The molecule has 1 aromatic heterocycles. The molecule has 3 N–H and O–H groups in total. The number of allylic oxidation sites excluding steroid dienone is 4. The van der Waals surface area contributed by atoms with Crippen molar-refractivity contribution in [1.29, 1.82) is 0 Å². The Bertz CT molecular complexity index is 1120. The van der Waals surface area contributed by atoms with Crippen molar-refractivity contribution in [2.45, 2.75) is 122 Å². The minimum absolute atomic E-state index is 0.244. The fourth-order valence-corrected chi connectivity index (χ4v) is 7.99. The largest absolute Gasteiger partial charge is 0.448 e. The Labute approximate surface area is 234 Å². The molecule has 0 radical (unpaired) electrons. The maximum Gasteiger partial charge on any atom is 0.203 e. The van der Waals surface area contributed by atoms with Crippen LogP contribution in [0.15, 0.2) is 58.3 Å². The number of hydrogen-bond acceptors (Lipinski definition) is 5. The molecule has 214 valence electrons. The molecule has 1 heterocycles. The molecule has 5 heteroatoms. The molecule has 4 fully saturated rings. The molecule has 0 unspecified atom stereocenters. The van der Waals surface area contributed by atoms with Crippen LogP contribution >= 0.6 is 0 Å². The molecule has 1 aromatic rings. The van der Waals surface area contributed by atoms with Gasteiger partial charge >= 0.3 is 0 Å². The lowest BCUT2D eigenvalue weighted by molar-refractivity contribution is 0.0862. The highest BCUT2D eigenvalue weighted by molar-refractivity contribution is 5.38. The second kappa shape index (κ2) is 11.5. The zero-order valence-corrected chi connectivity index (χ0v) is 24.2. The lowest BCUT2D eigenvalue weighted by Gasteiger charge is -2.44. The fraction of sp³-hybridized carbons (Fsp3) is 0.676. The highest BCUT2D eigenvalue weighted by Crippen LogP contribution is 2.60. The van der Waals surface area contributed by atoms with Crippen molar-refractivity contribution in [3.8, 4) is 0 Å². The number of hydrogen-bond donors (Lipinski definition) is 3. The van der Waals surface area contributed by atoms with Gasteiger partial charge in [0.15, 0.2) is 0 Å². The quantitative estimate of drug-likeness (QED) is 0.305. The number of aliphatic hydroxyl groups is 3. The van der Waals surface area contributed by atoms with E-state index in [1.807, 2.05) is 6.08 Å². The van der Waals surface area contributed by atoms with Crippen molar-refractivity contribution in [2.75, 3.05) is 0 Å². The average molecular weight is 536 g/mol. The van der Waals surface area contributed by atoms with Crippen LogP contribution in [0.25, 0.3) is 0 Å². The van der Waals surface area contributed by atoms with E-state index in [-0.39, 0.29) is 10.8 Å². The summed E-state index contributed by atoms with van der Waals surface area (Å²) in [4.78, 5) is 4.74. The molecular formula is C34H49NO4. The van der Waals surface area contributed by atoms with E-state index in [1.165, 1.54) is 31.3 Å². The normalized spacial score (nSPS) is 36.0. The van der Waals surface area contributed by atoms with Gasteiger partial charge in [0.1, 0.15) is 6.26 Å². The smallest absolute Gasteiger partial charge is 0.203 e. The van der Waals surface area contributed by atoms with E-state index in [1.54, 1.807) is 6.26 Å². The van der Waals surface area contributed by atoms with Gasteiger partial charge in [-0.1, -0.05) is 63.6 Å². The maximum absolute atomic E-state index is 11.2. The summed E-state index contributed by atoms with van der Waals surface area (Å²) in [6.45, 7) is 11.1. The predicted molar refractivity (Wildman–Crippen MR) is 155 cm³/mol. The topological polar surface area (TPSA) is 86.7 Å². The summed E-state index contributed by atoms with van der Waals surface area (Å²) < 4.78 is 5.85. The van der Waals surface area contributed by atoms with Gasteiger partial charge in [-0.05, 0) is 98.5 Å². The van der Waals surface area contributed by atoms with Crippen LogP contribution in [0.4, 0.5) is 0 Å². The van der Waals surface area contributed by atoms with Crippen molar-refractivity contribution in [1.82, 2.24) is 4.98 Å². The van der Waals surface area contributed by atoms with Crippen LogP contribution in [-0.2, 0) is 11.8 Å². The van der Waals surface area contributed by atoms with E-state index in [4.69, 9.17) is 9.40 Å². The number of unbranched alkanes of at least 4 members (excludes halogenated alkanes) is 1. The third kappa shape index (κ3) is 5.64. The Morgan fingerprint density at radius 3 is 2.72 bits per heavy atom. The van der Waals surface area contributed by atoms with Crippen LogP contribution in [0.1, 0.15) is 103 Å². The standard InChI is InChI=1S/C34H49NO4/c1-5-6-9-26-21-39-32(35-26)34(17-18-34)31(38)15-10-22(2)28-13-14-29-24(8-7-16-33(28,29)4)11-12-25-19-27(36)20-30(37)23(25)3/h10-12,15,21-22,27-31,36-38H,3,5-9,13-14,16-20H2,1-2,4H3/t22-,27+,28+,29-,30-,31-,33+/m0/s1. The molecule has 0 spiro atoms. The average Bonchev–Trinajstić information content (AvgIpc) is 3.44. The van der Waals surface area contributed by atoms with Crippen molar-refractivity contribution >= 4 is 0 Å². The molecule has 0 amide bonds. The van der Waals surface area contributed by atoms with E-state index in [2.05, 4.69) is 45.6 Å². The Balaban J connectivity index is 1.26. The van der Waals surface area contributed by atoms with E-state index in [9.17, 15) is 15.3 Å². The Morgan fingerprint density at radius 2 is 1.97 bits per heavy atom. The molecule has 7 atom stereocenters. The summed E-state index contributed by atoms with van der Waals surface area (Å²) in [5.74, 6) is 2.23. The van der Waals surface area contributed by atoms with Gasteiger partial charge in [-0.2, -0.15) is 0 Å². The molecule has 39 heavy (non-hydrogen) atoms. The SMILES string of the molecule is C=C1C(=CC=C2CCC[C@]3(C)[C@@H]([C@@H](C)C=C[C@H](O)C4(c5nc(CCCC)co5)CC4)CC[C@@H]23)C[C@@H](O)C[C@@H]1O. The number of rotatable bonds is 9. The molecule has 0 aliphatic heterocycles. The van der Waals surface area contributed by atoms with E-state index in [0.29, 0.717) is 36.5 Å². The number of oxazole rings is 1. The van der Waals surface area contributed by atoms with Gasteiger partial charge in [-0.3, -0.25) is 0 Å². The molecule has 0 saturated heterocycles. The zero-order valence-electron chi connectivity index (χ0n) is 24.2. The van der Waals surface area contributed by atoms with Crippen LogP contribution in [0.2, 0.25) is 0 Å². The summed E-state index contributed by atoms with van der Waals surface area (Å²) >= 11 is 0. The van der Waals surface area contributed by atoms with E-state index < -0.39 is 18.3 Å². The predicted octanol–water partition coefficient (Wildman–Crippen LogP) is 6.74. The van der Waals surface area contributed by atoms with E-state index in [0.717, 1.165) is 55.4 Å². The summed E-state index contributed by atoms with van der Waals surface area (Å²) in [5.41, 5.74) is 4.16. The molecular weight excluding hydrogens is 486 g/mol. The third-order valence-corrected chi connectivity index (χ3v) is 10.7. The minimum Gasteiger partial charge on any atom is -0.448 e. The Hall–Kier alpha value is -1.95. The summed E-state index contributed by atoms with van der Waals surface area (Å²) in [6.07, 6.45) is 20.7. The second-order valence-electron chi connectivity index (χ2n) is 13.3. The number of aryl methyl sites for hydroxylation is 1. The number of fused-ring (bicyclic) bond motifs is 1. The first-order chi connectivity index (χ1) is 18.7. The van der Waals surface area contributed by atoms with Crippen LogP contribution < -0.4 is 0 Å². The molecule has 0 aromatic carbocycles. The molecule has 4 aliphatic carbocycles. The van der Waals surface area contributed by atoms with Crippen molar-refractivity contribution in [3.63, 3.8) is 0 Å². The summed E-state index contributed by atoms with van der Waals surface area (Å²) in [7, 11) is 0. The third-order valence-electron chi connectivity index (χ3n) is 10.7. The molecule has 5 nitrogen and oxygen atoms in total. The van der Waals surface area contributed by atoms with Crippen LogP contribution in [-0.4, -0.2) is 38.6 Å². The summed E-state index contributed by atoms with van der Waals surface area (Å²) in [5, 5.41) is 31.6. The van der Waals surface area contributed by atoms with Gasteiger partial charge < -0.3 is 19.7 Å². The molecule has 4 saturated carbocycles. The van der Waals surface area contributed by atoms with Gasteiger partial charge in [0.2, 0.25) is 5.89 Å². The highest BCUT2D eigenvalue weighted by Gasteiger charge is 2.54. The Kier molecular flexibility index (Phi) is 8.43. The molecule has 5 rings (SSSR count). The second-order valence-corrected chi connectivity index (χ2v) is 13.3. The Morgan fingerprint density at radius 1 is 1.18 bits per heavy atom. The van der Waals surface area contributed by atoms with Gasteiger partial charge in [0.05, 0.1) is 29.4 Å². The first kappa shape index (κ1) is 28.6. The molecule has 4 aliphatic rings. The fourth-order valence-electron chi connectivity index (χ4n) is 7.99. The van der Waals surface area contributed by atoms with Gasteiger partial charge in [0.25, 0.3) is 0 Å². The monoisotopic (exact) mass is 535 g/mol. The minimum atomic E-state index is -0.643. The lowest BCUT2D eigenvalue weighted by Crippen LogP contribution is -2.35. The maximum atomic E-state index is 11.2. The number of aromatic nitrogens is 1. The van der Waals surface area contributed by atoms with Gasteiger partial charge in [0, 0.05) is 6.42 Å². The molecule has 0 bridgehead atoms. The summed E-state index contributed by atoms with van der Waals surface area (Å²) in [6, 6.07) is 0. The van der Waals surface area contributed by atoms with Gasteiger partial charge in [-0.25, -0.2) is 4.98 Å². The zero-order chi connectivity index (χ0) is 27.8.